The lowest BCUT2D eigenvalue weighted by atomic mass is 10.1. The third kappa shape index (κ3) is 3.34. The lowest BCUT2D eigenvalue weighted by Gasteiger charge is -2.24. The molecule has 0 bridgehead atoms. The molecule has 7 heteroatoms. The first-order chi connectivity index (χ1) is 11.5. The smallest absolute Gasteiger partial charge is 0.351 e. The van der Waals surface area contributed by atoms with Crippen molar-refractivity contribution in [1.29, 1.82) is 0 Å². The maximum Gasteiger partial charge on any atom is 0.351 e. The molecule has 0 aliphatic carbocycles. The first-order valence-electron chi connectivity index (χ1n) is 7.08. The fourth-order valence-corrected chi connectivity index (χ4v) is 2.15. The zero-order valence-electron chi connectivity index (χ0n) is 12.3. The van der Waals surface area contributed by atoms with Crippen LogP contribution in [0.5, 0.6) is 11.5 Å². The highest BCUT2D eigenvalue weighted by molar-refractivity contribution is 5.98. The summed E-state index contributed by atoms with van der Waals surface area (Å²) in [4.78, 5) is 23.8. The topological polar surface area (TPSA) is 61.8 Å². The van der Waals surface area contributed by atoms with Crippen LogP contribution in [-0.4, -0.2) is 31.1 Å². The summed E-state index contributed by atoms with van der Waals surface area (Å²) in [5.74, 6) is -2.44. The number of fused-ring (bicyclic) bond motifs is 1. The fourth-order valence-electron chi connectivity index (χ4n) is 2.15. The van der Waals surface area contributed by atoms with Crippen molar-refractivity contribution in [3.05, 3.63) is 59.7 Å². The fraction of sp³-hybridized carbons (Fsp3) is 0.176. The first-order valence-corrected chi connectivity index (χ1v) is 7.08. The zero-order chi connectivity index (χ0) is 17.1. The van der Waals surface area contributed by atoms with Gasteiger partial charge < -0.3 is 14.2 Å². The monoisotopic (exact) mass is 334 g/mol. The molecule has 1 aliphatic heterocycles. The van der Waals surface area contributed by atoms with Crippen LogP contribution in [0.4, 0.5) is 8.78 Å². The molecule has 0 saturated heterocycles. The highest BCUT2D eigenvalue weighted by Crippen LogP contribution is 2.31. The number of ether oxygens (including phenoxy) is 3. The summed E-state index contributed by atoms with van der Waals surface area (Å²) < 4.78 is 42.2. The number of carbonyl (C=O) groups excluding carboxylic acids is 2. The average Bonchev–Trinajstić information content (AvgIpc) is 2.61. The predicted octanol–water partition coefficient (Wildman–Crippen LogP) is 2.53. The number of ketones is 1. The minimum atomic E-state index is -1.04. The molecule has 0 aromatic heterocycles. The molecule has 124 valence electrons. The number of hydrogen-bond acceptors (Lipinski definition) is 5. The number of rotatable bonds is 4. The molecule has 2 aromatic carbocycles. The van der Waals surface area contributed by atoms with Crippen molar-refractivity contribution in [2.24, 2.45) is 0 Å². The summed E-state index contributed by atoms with van der Waals surface area (Å²) in [6, 6.07) is 9.26. The number of para-hydroxylation sites is 2. The van der Waals surface area contributed by atoms with Crippen molar-refractivity contribution < 1.29 is 32.6 Å². The highest BCUT2D eigenvalue weighted by atomic mass is 19.1. The Balaban J connectivity index is 1.60. The van der Waals surface area contributed by atoms with Gasteiger partial charge in [0.15, 0.2) is 18.1 Å². The van der Waals surface area contributed by atoms with Crippen molar-refractivity contribution in [3.8, 4) is 11.5 Å². The Morgan fingerprint density at radius 1 is 1.12 bits per heavy atom. The van der Waals surface area contributed by atoms with Gasteiger partial charge in [-0.2, -0.15) is 0 Å². The van der Waals surface area contributed by atoms with Crippen molar-refractivity contribution in [2.45, 2.75) is 6.10 Å². The van der Waals surface area contributed by atoms with Crippen LogP contribution in [0.15, 0.2) is 42.5 Å². The Labute approximate surface area is 135 Å². The van der Waals surface area contributed by atoms with Crippen LogP contribution in [0.2, 0.25) is 0 Å². The van der Waals surface area contributed by atoms with E-state index in [2.05, 4.69) is 0 Å². The van der Waals surface area contributed by atoms with E-state index in [1.54, 1.807) is 24.3 Å². The van der Waals surface area contributed by atoms with Crippen LogP contribution in [0, 0.1) is 11.6 Å². The van der Waals surface area contributed by atoms with E-state index in [4.69, 9.17) is 14.2 Å². The Kier molecular flexibility index (Phi) is 4.41. The molecule has 1 heterocycles. The van der Waals surface area contributed by atoms with E-state index >= 15 is 0 Å². The molecule has 0 N–H and O–H groups in total. The van der Waals surface area contributed by atoms with E-state index in [0.29, 0.717) is 11.5 Å². The van der Waals surface area contributed by atoms with Crippen LogP contribution < -0.4 is 9.47 Å². The number of Topliss-reactive ketones (excluding diaryl/α,β-unsaturated/α-hetero) is 1. The third-order valence-electron chi connectivity index (χ3n) is 3.35. The Hall–Kier alpha value is -2.96. The van der Waals surface area contributed by atoms with Gasteiger partial charge in [0.05, 0.1) is 5.56 Å². The van der Waals surface area contributed by atoms with Gasteiger partial charge in [0.2, 0.25) is 11.9 Å². The zero-order valence-corrected chi connectivity index (χ0v) is 12.3. The number of benzene rings is 2. The number of carbonyl (C=O) groups is 2. The van der Waals surface area contributed by atoms with E-state index in [1.165, 1.54) is 0 Å². The lowest BCUT2D eigenvalue weighted by Crippen LogP contribution is -2.38. The van der Waals surface area contributed by atoms with Crippen molar-refractivity contribution in [2.75, 3.05) is 13.2 Å². The van der Waals surface area contributed by atoms with Crippen molar-refractivity contribution in [1.82, 2.24) is 0 Å². The number of halogens is 2. The predicted molar refractivity (Wildman–Crippen MR) is 78.0 cm³/mol. The SMILES string of the molecule is O=C(COC(=O)[C@H]1COc2ccccc2O1)c1cc(F)ccc1F. The van der Waals surface area contributed by atoms with Crippen molar-refractivity contribution >= 4 is 11.8 Å². The molecule has 0 unspecified atom stereocenters. The first kappa shape index (κ1) is 15.9. The summed E-state index contributed by atoms with van der Waals surface area (Å²) in [6.45, 7) is -0.793. The second-order valence-corrected chi connectivity index (χ2v) is 5.02. The van der Waals surface area contributed by atoms with Gasteiger partial charge in [0.1, 0.15) is 18.2 Å². The second kappa shape index (κ2) is 6.66. The third-order valence-corrected chi connectivity index (χ3v) is 3.35. The molecule has 0 fully saturated rings. The molecule has 0 saturated carbocycles. The van der Waals surface area contributed by atoms with Gasteiger partial charge in [-0.25, -0.2) is 13.6 Å². The summed E-state index contributed by atoms with van der Waals surface area (Å²) in [6.07, 6.45) is -1.04. The quantitative estimate of drug-likeness (QED) is 0.635. The summed E-state index contributed by atoms with van der Waals surface area (Å²) >= 11 is 0. The molecule has 24 heavy (non-hydrogen) atoms. The maximum absolute atomic E-state index is 13.5. The standard InChI is InChI=1S/C17H12F2O5/c18-10-5-6-12(19)11(7-10)13(20)8-23-17(21)16-9-22-14-3-1-2-4-15(14)24-16/h1-7,16H,8-9H2/t16-/m1/s1. The normalized spacial score (nSPS) is 15.7. The van der Waals surface area contributed by atoms with E-state index in [0.717, 1.165) is 18.2 Å². The van der Waals surface area contributed by atoms with Gasteiger partial charge in [-0.1, -0.05) is 12.1 Å². The summed E-state index contributed by atoms with van der Waals surface area (Å²) in [5, 5.41) is 0. The number of esters is 1. The van der Waals surface area contributed by atoms with Crippen LogP contribution >= 0.6 is 0 Å². The van der Waals surface area contributed by atoms with Crippen LogP contribution in [0.25, 0.3) is 0 Å². The van der Waals surface area contributed by atoms with Gasteiger partial charge in [-0.15, -0.1) is 0 Å². The van der Waals surface area contributed by atoms with Gasteiger partial charge in [0, 0.05) is 0 Å². The molecular formula is C17H12F2O5. The van der Waals surface area contributed by atoms with Gasteiger partial charge >= 0.3 is 5.97 Å². The minimum Gasteiger partial charge on any atom is -0.485 e. The molecule has 0 radical (unpaired) electrons. The molecule has 0 spiro atoms. The van der Waals surface area contributed by atoms with Gasteiger partial charge in [-0.3, -0.25) is 4.79 Å². The maximum atomic E-state index is 13.5. The molecule has 0 amide bonds. The molecule has 2 aromatic rings. The Bertz CT molecular complexity index is 790. The second-order valence-electron chi connectivity index (χ2n) is 5.02. The molecule has 1 aliphatic rings. The molecule has 1 atom stereocenters. The number of hydrogen-bond donors (Lipinski definition) is 0. The molecule has 3 rings (SSSR count). The van der Waals surface area contributed by atoms with Crippen LogP contribution in [-0.2, 0) is 9.53 Å². The van der Waals surface area contributed by atoms with Crippen LogP contribution in [0.3, 0.4) is 0 Å². The van der Waals surface area contributed by atoms with E-state index in [9.17, 15) is 18.4 Å². The summed E-state index contributed by atoms with van der Waals surface area (Å²) in [5.41, 5.74) is -0.478. The van der Waals surface area contributed by atoms with E-state index < -0.39 is 41.7 Å². The Morgan fingerprint density at radius 3 is 2.67 bits per heavy atom. The molecule has 5 nitrogen and oxygen atoms in total. The van der Waals surface area contributed by atoms with E-state index in [1.807, 2.05) is 0 Å². The minimum absolute atomic E-state index is 0.0711. The lowest BCUT2D eigenvalue weighted by molar-refractivity contribution is -0.153. The van der Waals surface area contributed by atoms with E-state index in [-0.39, 0.29) is 6.61 Å². The Morgan fingerprint density at radius 2 is 1.88 bits per heavy atom. The average molecular weight is 334 g/mol. The van der Waals surface area contributed by atoms with Crippen LogP contribution in [0.1, 0.15) is 10.4 Å². The van der Waals surface area contributed by atoms with Gasteiger partial charge in [-0.05, 0) is 30.3 Å². The summed E-state index contributed by atoms with van der Waals surface area (Å²) in [7, 11) is 0. The highest BCUT2D eigenvalue weighted by Gasteiger charge is 2.29. The van der Waals surface area contributed by atoms with Gasteiger partial charge in [0.25, 0.3) is 0 Å². The largest absolute Gasteiger partial charge is 0.485 e. The molecular weight excluding hydrogens is 322 g/mol. The van der Waals surface area contributed by atoms with Crippen molar-refractivity contribution in [3.63, 3.8) is 0 Å².